The van der Waals surface area contributed by atoms with E-state index < -0.39 is 0 Å². The summed E-state index contributed by atoms with van der Waals surface area (Å²) < 4.78 is 11.2. The van der Waals surface area contributed by atoms with Crippen LogP contribution in [-0.2, 0) is 9.59 Å². The molecular weight excluding hydrogens is 334 g/mol. The van der Waals surface area contributed by atoms with Crippen molar-refractivity contribution < 1.29 is 19.1 Å². The van der Waals surface area contributed by atoms with Gasteiger partial charge in [0.15, 0.2) is 0 Å². The van der Waals surface area contributed by atoms with Crippen LogP contribution in [0.3, 0.4) is 0 Å². The zero-order valence-electron chi connectivity index (χ0n) is 14.3. The number of anilines is 1. The van der Waals surface area contributed by atoms with Crippen molar-refractivity contribution in [3.8, 4) is 17.2 Å². The number of carbonyl (C=O) groups excluding carboxylic acids is 2. The molecule has 1 aliphatic rings. The molecule has 7 nitrogen and oxygen atoms in total. The molecule has 134 valence electrons. The Morgan fingerprint density at radius 1 is 1.04 bits per heavy atom. The second kappa shape index (κ2) is 8.15. The van der Waals surface area contributed by atoms with Crippen LogP contribution in [0.4, 0.5) is 5.69 Å². The lowest BCUT2D eigenvalue weighted by Crippen LogP contribution is -2.32. The number of hydrogen-bond acceptors (Lipinski definition) is 5. The van der Waals surface area contributed by atoms with Crippen molar-refractivity contribution in [3.05, 3.63) is 48.5 Å². The van der Waals surface area contributed by atoms with E-state index in [1.54, 1.807) is 24.3 Å². The predicted octanol–water partition coefficient (Wildman–Crippen LogP) is 3.08. The number of hydrogen-bond donors (Lipinski definition) is 2. The molecule has 2 aromatic rings. The fourth-order valence-corrected chi connectivity index (χ4v) is 2.35. The van der Waals surface area contributed by atoms with E-state index in [1.165, 1.54) is 0 Å². The van der Waals surface area contributed by atoms with Gasteiger partial charge in [0, 0.05) is 18.5 Å². The van der Waals surface area contributed by atoms with Crippen molar-refractivity contribution in [2.24, 2.45) is 5.10 Å². The maximum atomic E-state index is 12.1. The number of rotatable bonds is 6. The van der Waals surface area contributed by atoms with E-state index in [-0.39, 0.29) is 18.2 Å². The first-order valence-electron chi connectivity index (χ1n) is 8.31. The largest absolute Gasteiger partial charge is 0.494 e. The lowest BCUT2D eigenvalue weighted by molar-refractivity contribution is -0.121. The van der Waals surface area contributed by atoms with E-state index in [0.29, 0.717) is 35.9 Å². The first-order valence-corrected chi connectivity index (χ1v) is 8.31. The van der Waals surface area contributed by atoms with Crippen LogP contribution < -0.4 is 20.2 Å². The van der Waals surface area contributed by atoms with Gasteiger partial charge in [0.05, 0.1) is 6.61 Å². The predicted molar refractivity (Wildman–Crippen MR) is 97.6 cm³/mol. The number of ether oxygens (including phenoxy) is 2. The summed E-state index contributed by atoms with van der Waals surface area (Å²) in [6, 6.07) is 14.3. The van der Waals surface area contributed by atoms with Gasteiger partial charge in [-0.25, -0.2) is 5.43 Å². The third-order valence-electron chi connectivity index (χ3n) is 3.65. The first-order chi connectivity index (χ1) is 12.6. The van der Waals surface area contributed by atoms with Gasteiger partial charge < -0.3 is 14.8 Å². The molecule has 1 heterocycles. The number of nitrogens with zero attached hydrogens (tertiary/aromatic N) is 1. The Bertz CT molecular complexity index is 814. The average Bonchev–Trinajstić information content (AvgIpc) is 2.66. The van der Waals surface area contributed by atoms with E-state index in [4.69, 9.17) is 9.47 Å². The maximum absolute atomic E-state index is 12.1. The third-order valence-corrected chi connectivity index (χ3v) is 3.65. The number of hydrazone groups is 1. The fourth-order valence-electron chi connectivity index (χ4n) is 2.35. The van der Waals surface area contributed by atoms with Crippen LogP contribution in [0.1, 0.15) is 19.8 Å². The van der Waals surface area contributed by atoms with E-state index in [1.807, 2.05) is 31.2 Å². The van der Waals surface area contributed by atoms with Crippen LogP contribution in [0.15, 0.2) is 53.6 Å². The molecular formula is C19H19N3O4. The fraction of sp³-hybridized carbons (Fsp3) is 0.211. The van der Waals surface area contributed by atoms with Gasteiger partial charge in [-0.3, -0.25) is 9.59 Å². The van der Waals surface area contributed by atoms with Gasteiger partial charge in [-0.15, -0.1) is 0 Å². The highest BCUT2D eigenvalue weighted by atomic mass is 16.5. The van der Waals surface area contributed by atoms with Crippen molar-refractivity contribution in [2.45, 2.75) is 19.8 Å². The summed E-state index contributed by atoms with van der Waals surface area (Å²) in [5.41, 5.74) is 3.23. The van der Waals surface area contributed by atoms with Crippen molar-refractivity contribution in [2.75, 3.05) is 11.9 Å². The minimum atomic E-state index is -0.329. The lowest BCUT2D eigenvalue weighted by atomic mass is 10.1. The molecule has 2 amide bonds. The van der Waals surface area contributed by atoms with Crippen LogP contribution in [0.5, 0.6) is 17.2 Å². The Morgan fingerprint density at radius 3 is 2.23 bits per heavy atom. The van der Waals surface area contributed by atoms with Crippen molar-refractivity contribution in [1.29, 1.82) is 0 Å². The second-order valence-electron chi connectivity index (χ2n) is 5.58. The molecule has 7 heteroatoms. The number of amides is 2. The van der Waals surface area contributed by atoms with E-state index in [9.17, 15) is 9.59 Å². The summed E-state index contributed by atoms with van der Waals surface area (Å²) in [4.78, 5) is 23.2. The zero-order valence-corrected chi connectivity index (χ0v) is 14.3. The number of benzene rings is 2. The third kappa shape index (κ3) is 4.60. The van der Waals surface area contributed by atoms with Crippen molar-refractivity contribution >= 4 is 23.2 Å². The van der Waals surface area contributed by atoms with Crippen LogP contribution in [0.2, 0.25) is 0 Å². The monoisotopic (exact) mass is 353 g/mol. The maximum Gasteiger partial charge on any atom is 0.271 e. The zero-order chi connectivity index (χ0) is 18.4. The van der Waals surface area contributed by atoms with Crippen molar-refractivity contribution in [1.82, 2.24) is 5.43 Å². The summed E-state index contributed by atoms with van der Waals surface area (Å²) in [5.74, 6) is 1.62. The standard InChI is InChI=1S/C19H19N3O4/c1-2-25-14-7-9-16(10-8-14)26-15-5-3-13(4-6-15)20-19(24)17-11-12-18(23)22-21-17/h3-10H,2,11-12H2,1H3,(H,20,24)(H,22,23). The molecule has 0 atom stereocenters. The summed E-state index contributed by atoms with van der Waals surface area (Å²) in [5, 5.41) is 6.52. The minimum absolute atomic E-state index is 0.183. The molecule has 0 aromatic heterocycles. The van der Waals surface area contributed by atoms with Crippen LogP contribution in [0.25, 0.3) is 0 Å². The second-order valence-corrected chi connectivity index (χ2v) is 5.58. The summed E-state index contributed by atoms with van der Waals surface area (Å²) in [6.07, 6.45) is 0.595. The Morgan fingerprint density at radius 2 is 1.65 bits per heavy atom. The van der Waals surface area contributed by atoms with E-state index in [0.717, 1.165) is 5.75 Å². The lowest BCUT2D eigenvalue weighted by Gasteiger charge is -2.12. The van der Waals surface area contributed by atoms with Gasteiger partial charge in [0.25, 0.3) is 5.91 Å². The van der Waals surface area contributed by atoms with Gasteiger partial charge in [-0.05, 0) is 55.5 Å². The highest BCUT2D eigenvalue weighted by molar-refractivity contribution is 6.43. The van der Waals surface area contributed by atoms with Gasteiger partial charge in [0.2, 0.25) is 5.91 Å². The summed E-state index contributed by atoms with van der Waals surface area (Å²) >= 11 is 0. The molecule has 0 aliphatic carbocycles. The summed E-state index contributed by atoms with van der Waals surface area (Å²) in [7, 11) is 0. The molecule has 0 saturated carbocycles. The first kappa shape index (κ1) is 17.5. The molecule has 1 aliphatic heterocycles. The molecule has 3 rings (SSSR count). The quantitative estimate of drug-likeness (QED) is 0.835. The molecule has 2 aromatic carbocycles. The normalized spacial score (nSPS) is 13.4. The smallest absolute Gasteiger partial charge is 0.271 e. The Kier molecular flexibility index (Phi) is 5.48. The van der Waals surface area contributed by atoms with Crippen LogP contribution in [0, 0.1) is 0 Å². The molecule has 0 saturated heterocycles. The highest BCUT2D eigenvalue weighted by Gasteiger charge is 2.18. The molecule has 0 radical (unpaired) electrons. The van der Waals surface area contributed by atoms with Gasteiger partial charge >= 0.3 is 0 Å². The SMILES string of the molecule is CCOc1ccc(Oc2ccc(NC(=O)C3=NNC(=O)CC3)cc2)cc1. The average molecular weight is 353 g/mol. The highest BCUT2D eigenvalue weighted by Crippen LogP contribution is 2.25. The van der Waals surface area contributed by atoms with Gasteiger partial charge in [-0.2, -0.15) is 5.10 Å². The molecule has 2 N–H and O–H groups in total. The van der Waals surface area contributed by atoms with Crippen molar-refractivity contribution in [3.63, 3.8) is 0 Å². The Hall–Kier alpha value is -3.35. The topological polar surface area (TPSA) is 89.0 Å². The minimum Gasteiger partial charge on any atom is -0.494 e. The molecule has 0 unspecified atom stereocenters. The number of carbonyl (C=O) groups is 2. The molecule has 0 spiro atoms. The Labute approximate surface area is 151 Å². The Balaban J connectivity index is 1.58. The van der Waals surface area contributed by atoms with E-state index >= 15 is 0 Å². The summed E-state index contributed by atoms with van der Waals surface area (Å²) in [6.45, 7) is 2.55. The van der Waals surface area contributed by atoms with E-state index in [2.05, 4.69) is 15.8 Å². The van der Waals surface area contributed by atoms with Crippen LogP contribution in [-0.4, -0.2) is 24.1 Å². The van der Waals surface area contributed by atoms with Gasteiger partial charge in [0.1, 0.15) is 23.0 Å². The number of nitrogens with one attached hydrogen (secondary N) is 2. The van der Waals surface area contributed by atoms with Gasteiger partial charge in [-0.1, -0.05) is 0 Å². The molecule has 0 fully saturated rings. The molecule has 0 bridgehead atoms. The molecule has 26 heavy (non-hydrogen) atoms. The van der Waals surface area contributed by atoms with Crippen LogP contribution >= 0.6 is 0 Å².